The molecule has 1 aliphatic heterocycles. The van der Waals surface area contributed by atoms with Crippen LogP contribution >= 0.6 is 0 Å². The minimum atomic E-state index is -0.420. The van der Waals surface area contributed by atoms with Crippen molar-refractivity contribution in [2.24, 2.45) is 22.7 Å². The number of rotatable bonds is 1. The first-order valence-corrected chi connectivity index (χ1v) is 11.4. The summed E-state index contributed by atoms with van der Waals surface area (Å²) in [5.74, 6) is 2.88. The molecule has 3 spiro atoms. The molecule has 6 aliphatic carbocycles. The van der Waals surface area contributed by atoms with E-state index in [1.807, 2.05) is 0 Å². The number of fused-ring (bicyclic) bond motifs is 3. The molecule has 3 nitrogen and oxygen atoms in total. The molecule has 1 heterocycles. The van der Waals surface area contributed by atoms with Crippen LogP contribution in [0.4, 0.5) is 0 Å². The van der Waals surface area contributed by atoms with Gasteiger partial charge in [0.15, 0.2) is 5.79 Å². The first-order valence-electron chi connectivity index (χ1n) is 11.4. The van der Waals surface area contributed by atoms with Crippen LogP contribution in [0.3, 0.4) is 0 Å². The molecule has 6 fully saturated rings. The van der Waals surface area contributed by atoms with Crippen LogP contribution < -0.4 is 4.74 Å². The normalized spacial score (nSPS) is 53.6. The predicted octanol–water partition coefficient (Wildman–Crippen LogP) is 5.22. The Labute approximate surface area is 168 Å². The van der Waals surface area contributed by atoms with Gasteiger partial charge in [-0.2, -0.15) is 0 Å². The van der Waals surface area contributed by atoms with Crippen LogP contribution in [-0.4, -0.2) is 24.1 Å². The maximum Gasteiger partial charge on any atom is 0.164 e. The van der Waals surface area contributed by atoms with Crippen LogP contribution in [0.25, 0.3) is 0 Å². The van der Waals surface area contributed by atoms with Crippen LogP contribution in [0.2, 0.25) is 0 Å². The summed E-state index contributed by atoms with van der Waals surface area (Å²) < 4.78 is 19.2. The number of hydrogen-bond donors (Lipinski definition) is 0. The second-order valence-electron chi connectivity index (χ2n) is 11.4. The van der Waals surface area contributed by atoms with Gasteiger partial charge in [-0.3, -0.25) is 0 Å². The van der Waals surface area contributed by atoms with Crippen molar-refractivity contribution < 1.29 is 14.2 Å². The summed E-state index contributed by atoms with van der Waals surface area (Å²) >= 11 is 0. The molecule has 3 heteroatoms. The second kappa shape index (κ2) is 4.49. The lowest BCUT2D eigenvalue weighted by Crippen LogP contribution is -2.57. The minimum absolute atomic E-state index is 0.00894. The summed E-state index contributed by atoms with van der Waals surface area (Å²) in [7, 11) is 1.78. The Morgan fingerprint density at radius 1 is 1.07 bits per heavy atom. The highest BCUT2D eigenvalue weighted by Gasteiger charge is 2.93. The van der Waals surface area contributed by atoms with E-state index in [9.17, 15) is 0 Å². The Bertz CT molecular complexity index is 907. The highest BCUT2D eigenvalue weighted by atomic mass is 16.8. The first kappa shape index (κ1) is 16.7. The highest BCUT2D eigenvalue weighted by Crippen LogP contribution is 2.90. The van der Waals surface area contributed by atoms with Crippen molar-refractivity contribution in [3.05, 3.63) is 29.3 Å². The van der Waals surface area contributed by atoms with Crippen LogP contribution in [0.15, 0.2) is 18.2 Å². The average molecular weight is 381 g/mol. The quantitative estimate of drug-likeness (QED) is 0.669. The smallest absolute Gasteiger partial charge is 0.164 e. The highest BCUT2D eigenvalue weighted by molar-refractivity contribution is 5.46. The van der Waals surface area contributed by atoms with Crippen molar-refractivity contribution >= 4 is 0 Å². The number of ether oxygens (including phenoxy) is 3. The Morgan fingerprint density at radius 3 is 2.75 bits per heavy atom. The molecule has 0 radical (unpaired) electrons. The van der Waals surface area contributed by atoms with Gasteiger partial charge in [0, 0.05) is 5.41 Å². The van der Waals surface area contributed by atoms with Crippen molar-refractivity contribution in [3.63, 3.8) is 0 Å². The third kappa shape index (κ3) is 1.43. The van der Waals surface area contributed by atoms with Gasteiger partial charge in [-0.25, -0.2) is 0 Å². The molecule has 4 bridgehead atoms. The van der Waals surface area contributed by atoms with Gasteiger partial charge in [0.1, 0.15) is 17.0 Å². The van der Waals surface area contributed by atoms with Gasteiger partial charge in [0.2, 0.25) is 0 Å². The monoisotopic (exact) mass is 380 g/mol. The van der Waals surface area contributed by atoms with E-state index in [1.54, 1.807) is 12.7 Å². The fraction of sp³-hybridized carbons (Fsp3) is 0.760. The third-order valence-corrected chi connectivity index (χ3v) is 10.5. The number of aryl methyl sites for hydroxylation is 1. The summed E-state index contributed by atoms with van der Waals surface area (Å²) in [5.41, 5.74) is 3.81. The van der Waals surface area contributed by atoms with Crippen LogP contribution in [0.1, 0.15) is 76.3 Å². The lowest BCUT2D eigenvalue weighted by Gasteiger charge is -2.59. The van der Waals surface area contributed by atoms with Crippen molar-refractivity contribution in [1.82, 2.24) is 0 Å². The van der Waals surface area contributed by atoms with E-state index >= 15 is 0 Å². The van der Waals surface area contributed by atoms with Crippen LogP contribution in [0.5, 0.6) is 5.75 Å². The SMILES string of the molecule is COc1ccc2c(c1)CC[C@@H]1[C@@H]2CC[C@]2(C)[C@]34CC5C[C@@]3(C[C@@]512)OC(C)(C)O4. The maximum absolute atomic E-state index is 6.90. The molecule has 150 valence electrons. The van der Waals surface area contributed by atoms with E-state index in [4.69, 9.17) is 14.2 Å². The molecule has 1 saturated heterocycles. The van der Waals surface area contributed by atoms with Gasteiger partial charge in [-0.1, -0.05) is 13.0 Å². The Morgan fingerprint density at radius 2 is 1.93 bits per heavy atom. The molecule has 0 aromatic heterocycles. The summed E-state index contributed by atoms with van der Waals surface area (Å²) in [6, 6.07) is 6.85. The van der Waals surface area contributed by atoms with E-state index in [-0.39, 0.29) is 16.6 Å². The number of hydrogen-bond acceptors (Lipinski definition) is 3. The molecule has 0 N–H and O–H groups in total. The van der Waals surface area contributed by atoms with E-state index < -0.39 is 5.79 Å². The van der Waals surface area contributed by atoms with Gasteiger partial charge in [-0.15, -0.1) is 0 Å². The van der Waals surface area contributed by atoms with Crippen molar-refractivity contribution in [2.45, 2.75) is 88.6 Å². The summed E-state index contributed by atoms with van der Waals surface area (Å²) in [5, 5.41) is 0. The fourth-order valence-electron chi connectivity index (χ4n) is 10.1. The minimum Gasteiger partial charge on any atom is -0.497 e. The fourth-order valence-corrected chi connectivity index (χ4v) is 10.1. The van der Waals surface area contributed by atoms with E-state index in [0.29, 0.717) is 11.3 Å². The Kier molecular flexibility index (Phi) is 2.68. The zero-order valence-corrected chi connectivity index (χ0v) is 17.6. The third-order valence-electron chi connectivity index (χ3n) is 10.5. The van der Waals surface area contributed by atoms with Crippen LogP contribution in [-0.2, 0) is 15.9 Å². The average Bonchev–Trinajstić information content (AvgIpc) is 3.30. The Hall–Kier alpha value is -1.06. The van der Waals surface area contributed by atoms with Gasteiger partial charge < -0.3 is 14.2 Å². The maximum atomic E-state index is 6.90. The number of methoxy groups -OCH3 is 1. The molecule has 1 aromatic rings. The lowest BCUT2D eigenvalue weighted by atomic mass is 9.46. The molecular formula is C25H32O3. The zero-order valence-electron chi connectivity index (χ0n) is 17.6. The van der Waals surface area contributed by atoms with E-state index in [0.717, 1.165) is 17.6 Å². The van der Waals surface area contributed by atoms with Gasteiger partial charge >= 0.3 is 0 Å². The molecule has 28 heavy (non-hydrogen) atoms. The number of benzene rings is 1. The molecular weight excluding hydrogens is 348 g/mol. The summed E-state index contributed by atoms with van der Waals surface area (Å²) in [4.78, 5) is 0. The standard InChI is InChI=1S/C25H32O3/c1-21(2)27-23-12-16-13-25(23,28-21)22(3)10-9-19-18-7-6-17(26-4)11-15(18)5-8-20(19)24(16,22)14-23/h6-7,11,16,19-20H,5,8-10,12-14H2,1-4H3/t16?,19-,20-,22+,23+,24-,25-/m1/s1. The van der Waals surface area contributed by atoms with Crippen molar-refractivity contribution in [2.75, 3.05) is 7.11 Å². The van der Waals surface area contributed by atoms with Gasteiger partial charge in [0.25, 0.3) is 0 Å². The molecule has 1 unspecified atom stereocenters. The van der Waals surface area contributed by atoms with Crippen molar-refractivity contribution in [3.8, 4) is 5.75 Å². The molecule has 1 aromatic carbocycles. The van der Waals surface area contributed by atoms with E-state index in [2.05, 4.69) is 39.0 Å². The van der Waals surface area contributed by atoms with Gasteiger partial charge in [-0.05, 0) is 105 Å². The topological polar surface area (TPSA) is 27.7 Å². The second-order valence-corrected chi connectivity index (χ2v) is 11.4. The van der Waals surface area contributed by atoms with E-state index in [1.165, 1.54) is 50.5 Å². The zero-order chi connectivity index (χ0) is 19.2. The van der Waals surface area contributed by atoms with Gasteiger partial charge in [0.05, 0.1) is 7.11 Å². The molecule has 7 aliphatic rings. The summed E-state index contributed by atoms with van der Waals surface area (Å²) in [6.07, 6.45) is 8.85. The summed E-state index contributed by atoms with van der Waals surface area (Å²) in [6.45, 7) is 6.88. The van der Waals surface area contributed by atoms with Crippen molar-refractivity contribution in [1.29, 1.82) is 0 Å². The predicted molar refractivity (Wildman–Crippen MR) is 106 cm³/mol. The molecule has 8 rings (SSSR count). The molecule has 5 saturated carbocycles. The molecule has 7 atom stereocenters. The lowest BCUT2D eigenvalue weighted by molar-refractivity contribution is -0.208. The first-order chi connectivity index (χ1) is 13.3. The molecule has 0 amide bonds. The Balaban J connectivity index is 1.36. The van der Waals surface area contributed by atoms with Crippen LogP contribution in [0, 0.1) is 22.7 Å². The largest absolute Gasteiger partial charge is 0.497 e.